The van der Waals surface area contributed by atoms with Crippen LogP contribution in [-0.2, 0) is 6.42 Å². The van der Waals surface area contributed by atoms with Crippen molar-refractivity contribution in [3.8, 4) is 0 Å². The molecule has 7 nitrogen and oxygen atoms in total. The summed E-state index contributed by atoms with van der Waals surface area (Å²) in [4.78, 5) is 17.2. The van der Waals surface area contributed by atoms with Crippen molar-refractivity contribution in [2.45, 2.75) is 32.5 Å². The first-order chi connectivity index (χ1) is 10.9. The summed E-state index contributed by atoms with van der Waals surface area (Å²) in [7, 11) is 1.80. The second-order valence-corrected chi connectivity index (χ2v) is 5.80. The Morgan fingerprint density at radius 2 is 2.22 bits per heavy atom. The molecule has 2 atom stereocenters. The topological polar surface area (TPSA) is 88.5 Å². The van der Waals surface area contributed by atoms with E-state index in [9.17, 15) is 10.1 Å². The fraction of sp³-hybridized carbons (Fsp3) is 0.400. The predicted octanol–water partition coefficient (Wildman–Crippen LogP) is 2.18. The predicted molar refractivity (Wildman–Crippen MR) is 88.8 cm³/mol. The van der Waals surface area contributed by atoms with Crippen LogP contribution in [0.25, 0.3) is 0 Å². The van der Waals surface area contributed by atoms with Crippen LogP contribution in [0.5, 0.6) is 0 Å². The van der Waals surface area contributed by atoms with Crippen LogP contribution in [0.15, 0.2) is 41.9 Å². The minimum atomic E-state index is -0.573. The van der Waals surface area contributed by atoms with Gasteiger partial charge >= 0.3 is 0 Å². The second kappa shape index (κ2) is 7.08. The van der Waals surface area contributed by atoms with E-state index < -0.39 is 6.04 Å². The Hall–Kier alpha value is -1.96. The van der Waals surface area contributed by atoms with E-state index >= 15 is 0 Å². The Balaban J connectivity index is 2.51. The molecule has 0 fully saturated rings. The lowest BCUT2D eigenvalue weighted by atomic mass is 10.0. The average molecular weight is 338 g/mol. The van der Waals surface area contributed by atoms with Crippen molar-refractivity contribution in [1.29, 1.82) is 0 Å². The molecule has 0 aliphatic carbocycles. The van der Waals surface area contributed by atoms with Crippen LogP contribution in [0.4, 0.5) is 0 Å². The van der Waals surface area contributed by atoms with Crippen molar-refractivity contribution in [3.05, 3.63) is 62.7 Å². The van der Waals surface area contributed by atoms with Crippen LogP contribution in [0.2, 0.25) is 5.15 Å². The largest absolute Gasteiger partial charge is 0.356 e. The van der Waals surface area contributed by atoms with Crippen molar-refractivity contribution in [3.63, 3.8) is 0 Å². The van der Waals surface area contributed by atoms with Gasteiger partial charge in [-0.2, -0.15) is 0 Å². The zero-order valence-corrected chi connectivity index (χ0v) is 14.1. The molecule has 0 aromatic carbocycles. The van der Waals surface area contributed by atoms with Crippen LogP contribution in [0.1, 0.15) is 19.4 Å². The maximum atomic E-state index is 11.7. The number of likely N-dealkylation sites (N-methyl/N-ethyl adjacent to an activating group) is 1. The van der Waals surface area contributed by atoms with E-state index in [0.29, 0.717) is 17.3 Å². The Labute approximate surface area is 140 Å². The minimum absolute atomic E-state index is 0.0844. The number of pyridine rings is 1. The maximum absolute atomic E-state index is 11.7. The molecular formula is C15H20ClN5O2. The van der Waals surface area contributed by atoms with Gasteiger partial charge in [-0.05, 0) is 25.5 Å². The first-order valence-electron chi connectivity index (χ1n) is 7.23. The lowest BCUT2D eigenvalue weighted by molar-refractivity contribution is -0.437. The molecule has 0 saturated heterocycles. The summed E-state index contributed by atoms with van der Waals surface area (Å²) in [6, 6.07) is 2.92. The zero-order chi connectivity index (χ0) is 17.1. The molecule has 1 aliphatic rings. The van der Waals surface area contributed by atoms with Gasteiger partial charge in [0.15, 0.2) is 0 Å². The van der Waals surface area contributed by atoms with Crippen LogP contribution >= 0.6 is 11.6 Å². The summed E-state index contributed by atoms with van der Waals surface area (Å²) >= 11 is 5.79. The first kappa shape index (κ1) is 17.4. The number of hydrogen-bond acceptors (Lipinski definition) is 6. The van der Waals surface area contributed by atoms with Crippen molar-refractivity contribution < 1.29 is 4.92 Å². The van der Waals surface area contributed by atoms with E-state index in [1.807, 2.05) is 24.8 Å². The lowest BCUT2D eigenvalue weighted by Crippen LogP contribution is -2.58. The molecule has 2 N–H and O–H groups in total. The molecular weight excluding hydrogens is 318 g/mol. The van der Waals surface area contributed by atoms with Gasteiger partial charge < -0.3 is 4.90 Å². The first-order valence-corrected chi connectivity index (χ1v) is 7.61. The van der Waals surface area contributed by atoms with Gasteiger partial charge in [-0.25, -0.2) is 9.99 Å². The SMILES string of the molecule is CC=CC1C([N+](=O)[O-])=C(Cc2ccc(Cl)nc2)N(C)C(C)N1N. The van der Waals surface area contributed by atoms with Gasteiger partial charge in [0.05, 0.1) is 16.8 Å². The van der Waals surface area contributed by atoms with E-state index in [2.05, 4.69) is 4.98 Å². The van der Waals surface area contributed by atoms with Crippen molar-refractivity contribution in [1.82, 2.24) is 14.9 Å². The molecule has 2 heterocycles. The van der Waals surface area contributed by atoms with E-state index in [4.69, 9.17) is 17.4 Å². The second-order valence-electron chi connectivity index (χ2n) is 5.42. The van der Waals surface area contributed by atoms with E-state index in [1.54, 1.807) is 31.5 Å². The standard InChI is InChI=1S/C15H20ClN5O2/c1-4-5-12-15(21(22)23)13(19(3)10(2)20(12)17)8-11-6-7-14(16)18-9-11/h4-7,9-10,12H,8,17H2,1-3H3. The fourth-order valence-electron chi connectivity index (χ4n) is 2.66. The Morgan fingerprint density at radius 1 is 1.52 bits per heavy atom. The van der Waals surface area contributed by atoms with Gasteiger partial charge in [-0.3, -0.25) is 16.0 Å². The molecule has 1 aromatic heterocycles. The molecule has 124 valence electrons. The number of allylic oxidation sites excluding steroid dienone is 2. The molecule has 1 aromatic rings. The van der Waals surface area contributed by atoms with Gasteiger partial charge in [0.1, 0.15) is 11.2 Å². The molecule has 2 rings (SSSR count). The Bertz CT molecular complexity index is 644. The molecule has 0 bridgehead atoms. The van der Waals surface area contributed by atoms with Gasteiger partial charge in [-0.1, -0.05) is 29.8 Å². The molecule has 0 spiro atoms. The average Bonchev–Trinajstić information content (AvgIpc) is 2.51. The van der Waals surface area contributed by atoms with Gasteiger partial charge in [0.2, 0.25) is 0 Å². The van der Waals surface area contributed by atoms with E-state index in [-0.39, 0.29) is 16.8 Å². The third kappa shape index (κ3) is 3.52. The van der Waals surface area contributed by atoms with Crippen molar-refractivity contribution in [2.24, 2.45) is 5.84 Å². The highest BCUT2D eigenvalue weighted by atomic mass is 35.5. The summed E-state index contributed by atoms with van der Waals surface area (Å²) < 4.78 is 0. The molecule has 0 radical (unpaired) electrons. The third-order valence-electron chi connectivity index (χ3n) is 4.05. The molecule has 0 amide bonds. The van der Waals surface area contributed by atoms with Crippen LogP contribution < -0.4 is 5.84 Å². The van der Waals surface area contributed by atoms with Gasteiger partial charge in [0, 0.05) is 19.7 Å². The highest BCUT2D eigenvalue weighted by Crippen LogP contribution is 2.29. The smallest absolute Gasteiger partial charge is 0.287 e. The summed E-state index contributed by atoms with van der Waals surface area (Å²) in [6.07, 6.45) is 5.36. The minimum Gasteiger partial charge on any atom is -0.356 e. The quantitative estimate of drug-likeness (QED) is 0.298. The van der Waals surface area contributed by atoms with Crippen molar-refractivity contribution in [2.75, 3.05) is 7.05 Å². The number of hydrogen-bond donors (Lipinski definition) is 1. The zero-order valence-electron chi connectivity index (χ0n) is 13.3. The highest BCUT2D eigenvalue weighted by Gasteiger charge is 2.41. The molecule has 0 saturated carbocycles. The van der Waals surface area contributed by atoms with Crippen LogP contribution in [-0.4, -0.2) is 39.1 Å². The summed E-state index contributed by atoms with van der Waals surface area (Å²) in [5.41, 5.74) is 1.56. The Morgan fingerprint density at radius 3 is 2.74 bits per heavy atom. The number of halogens is 1. The lowest BCUT2D eigenvalue weighted by Gasteiger charge is -2.42. The van der Waals surface area contributed by atoms with Gasteiger partial charge in [-0.15, -0.1) is 0 Å². The van der Waals surface area contributed by atoms with Crippen LogP contribution in [0.3, 0.4) is 0 Å². The summed E-state index contributed by atoms with van der Waals surface area (Å²) in [6.45, 7) is 3.73. The van der Waals surface area contributed by atoms with Crippen LogP contribution in [0, 0.1) is 10.1 Å². The fourth-order valence-corrected chi connectivity index (χ4v) is 2.77. The Kier molecular flexibility index (Phi) is 5.35. The number of hydrazine groups is 1. The molecule has 23 heavy (non-hydrogen) atoms. The van der Waals surface area contributed by atoms with E-state index in [0.717, 1.165) is 5.56 Å². The normalized spacial score (nSPS) is 22.9. The van der Waals surface area contributed by atoms with Gasteiger partial charge in [0.25, 0.3) is 5.70 Å². The summed E-state index contributed by atoms with van der Waals surface area (Å²) in [5, 5.41) is 13.5. The number of nitro groups is 1. The number of nitrogens with two attached hydrogens (primary N) is 1. The maximum Gasteiger partial charge on any atom is 0.287 e. The molecule has 8 heteroatoms. The summed E-state index contributed by atoms with van der Waals surface area (Å²) in [5.74, 6) is 6.07. The monoisotopic (exact) mass is 337 g/mol. The van der Waals surface area contributed by atoms with E-state index in [1.165, 1.54) is 5.01 Å². The number of aromatic nitrogens is 1. The third-order valence-corrected chi connectivity index (χ3v) is 4.27. The highest BCUT2D eigenvalue weighted by molar-refractivity contribution is 6.29. The number of nitrogens with zero attached hydrogens (tertiary/aromatic N) is 4. The van der Waals surface area contributed by atoms with Crippen molar-refractivity contribution >= 4 is 11.6 Å². The molecule has 2 unspecified atom stereocenters. The number of rotatable bonds is 4. The molecule has 1 aliphatic heterocycles.